The molecular weight excluding hydrogens is 176 g/mol. The molecule has 84 valence electrons. The molecule has 1 unspecified atom stereocenters. The second-order valence-corrected chi connectivity index (χ2v) is 4.66. The normalized spacial score (nSPS) is 30.2. The van der Waals surface area contributed by atoms with Crippen LogP contribution in [0.25, 0.3) is 0 Å². The SMILES string of the molecule is CCCC(C)COC1CCC(O)CC1. The van der Waals surface area contributed by atoms with Gasteiger partial charge in [-0.3, -0.25) is 0 Å². The van der Waals surface area contributed by atoms with Crippen molar-refractivity contribution in [1.29, 1.82) is 0 Å². The van der Waals surface area contributed by atoms with Gasteiger partial charge in [-0.2, -0.15) is 0 Å². The lowest BCUT2D eigenvalue weighted by molar-refractivity contribution is -0.0163. The molecule has 0 heterocycles. The number of aliphatic hydroxyl groups is 1. The Morgan fingerprint density at radius 1 is 1.29 bits per heavy atom. The van der Waals surface area contributed by atoms with Crippen molar-refractivity contribution in [3.63, 3.8) is 0 Å². The van der Waals surface area contributed by atoms with Crippen molar-refractivity contribution in [1.82, 2.24) is 0 Å². The summed E-state index contributed by atoms with van der Waals surface area (Å²) in [5.41, 5.74) is 0. The van der Waals surface area contributed by atoms with Crippen LogP contribution in [-0.4, -0.2) is 23.9 Å². The molecule has 0 aromatic heterocycles. The fourth-order valence-electron chi connectivity index (χ4n) is 2.09. The highest BCUT2D eigenvalue weighted by Gasteiger charge is 2.19. The van der Waals surface area contributed by atoms with Gasteiger partial charge in [-0.05, 0) is 38.0 Å². The van der Waals surface area contributed by atoms with E-state index in [0.29, 0.717) is 12.0 Å². The predicted octanol–water partition coefficient (Wildman–Crippen LogP) is 2.74. The third-order valence-corrected chi connectivity index (χ3v) is 3.04. The predicted molar refractivity (Wildman–Crippen MR) is 58.3 cm³/mol. The average molecular weight is 200 g/mol. The number of rotatable bonds is 5. The van der Waals surface area contributed by atoms with E-state index in [1.807, 2.05) is 0 Å². The zero-order valence-electron chi connectivity index (χ0n) is 9.54. The average Bonchev–Trinajstić information content (AvgIpc) is 2.17. The molecule has 2 heteroatoms. The van der Waals surface area contributed by atoms with Gasteiger partial charge in [0.05, 0.1) is 12.2 Å². The standard InChI is InChI=1S/C12H24O2/c1-3-4-10(2)9-14-12-7-5-11(13)6-8-12/h10-13H,3-9H2,1-2H3. The molecule has 0 spiro atoms. The van der Waals surface area contributed by atoms with Crippen LogP contribution in [0.5, 0.6) is 0 Å². The van der Waals surface area contributed by atoms with Crippen LogP contribution in [0, 0.1) is 5.92 Å². The van der Waals surface area contributed by atoms with Crippen LogP contribution in [0.2, 0.25) is 0 Å². The summed E-state index contributed by atoms with van der Waals surface area (Å²) in [6, 6.07) is 0. The van der Waals surface area contributed by atoms with Gasteiger partial charge < -0.3 is 9.84 Å². The molecule has 0 aromatic carbocycles. The third kappa shape index (κ3) is 4.43. The molecule has 0 aromatic rings. The van der Waals surface area contributed by atoms with Crippen molar-refractivity contribution in [2.24, 2.45) is 5.92 Å². The van der Waals surface area contributed by atoms with Crippen LogP contribution >= 0.6 is 0 Å². The van der Waals surface area contributed by atoms with Gasteiger partial charge in [0.25, 0.3) is 0 Å². The molecule has 14 heavy (non-hydrogen) atoms. The van der Waals surface area contributed by atoms with Crippen LogP contribution in [0.1, 0.15) is 52.4 Å². The largest absolute Gasteiger partial charge is 0.393 e. The van der Waals surface area contributed by atoms with E-state index in [9.17, 15) is 5.11 Å². The molecule has 0 saturated heterocycles. The minimum absolute atomic E-state index is 0.0667. The molecular formula is C12H24O2. The van der Waals surface area contributed by atoms with Crippen LogP contribution in [-0.2, 0) is 4.74 Å². The fourth-order valence-corrected chi connectivity index (χ4v) is 2.09. The van der Waals surface area contributed by atoms with E-state index < -0.39 is 0 Å². The number of hydrogen-bond acceptors (Lipinski definition) is 2. The Hall–Kier alpha value is -0.0800. The summed E-state index contributed by atoms with van der Waals surface area (Å²) in [6.07, 6.45) is 6.78. The maximum absolute atomic E-state index is 9.33. The van der Waals surface area contributed by atoms with Gasteiger partial charge in [-0.15, -0.1) is 0 Å². The molecule has 1 atom stereocenters. The van der Waals surface area contributed by atoms with E-state index in [2.05, 4.69) is 13.8 Å². The lowest BCUT2D eigenvalue weighted by atomic mass is 9.95. The zero-order chi connectivity index (χ0) is 10.4. The highest BCUT2D eigenvalue weighted by Crippen LogP contribution is 2.21. The Morgan fingerprint density at radius 2 is 1.93 bits per heavy atom. The van der Waals surface area contributed by atoms with E-state index in [-0.39, 0.29) is 6.10 Å². The van der Waals surface area contributed by atoms with Crippen molar-refractivity contribution in [2.75, 3.05) is 6.61 Å². The van der Waals surface area contributed by atoms with Crippen molar-refractivity contribution in [3.05, 3.63) is 0 Å². The first-order valence-electron chi connectivity index (χ1n) is 6.02. The third-order valence-electron chi connectivity index (χ3n) is 3.04. The second kappa shape index (κ2) is 6.41. The summed E-state index contributed by atoms with van der Waals surface area (Å²) in [4.78, 5) is 0. The van der Waals surface area contributed by atoms with Gasteiger partial charge in [0, 0.05) is 6.61 Å². The van der Waals surface area contributed by atoms with Crippen LogP contribution in [0.3, 0.4) is 0 Å². The summed E-state index contributed by atoms with van der Waals surface area (Å²) in [5.74, 6) is 0.687. The molecule has 0 amide bonds. The molecule has 2 nitrogen and oxygen atoms in total. The lowest BCUT2D eigenvalue weighted by Gasteiger charge is -2.26. The van der Waals surface area contributed by atoms with Crippen LogP contribution < -0.4 is 0 Å². The molecule has 1 rings (SSSR count). The summed E-state index contributed by atoms with van der Waals surface area (Å²) in [7, 11) is 0. The molecule has 0 aliphatic heterocycles. The van der Waals surface area contributed by atoms with Gasteiger partial charge in [0.1, 0.15) is 0 Å². The van der Waals surface area contributed by atoms with Crippen molar-refractivity contribution >= 4 is 0 Å². The van der Waals surface area contributed by atoms with E-state index >= 15 is 0 Å². The molecule has 0 bridgehead atoms. The van der Waals surface area contributed by atoms with Gasteiger partial charge in [-0.25, -0.2) is 0 Å². The summed E-state index contributed by atoms with van der Waals surface area (Å²) < 4.78 is 5.83. The summed E-state index contributed by atoms with van der Waals surface area (Å²) in [5, 5.41) is 9.33. The van der Waals surface area contributed by atoms with Gasteiger partial charge in [0.2, 0.25) is 0 Å². The maximum Gasteiger partial charge on any atom is 0.0577 e. The Morgan fingerprint density at radius 3 is 2.50 bits per heavy atom. The molecule has 1 aliphatic carbocycles. The Bertz CT molecular complexity index is 139. The summed E-state index contributed by atoms with van der Waals surface area (Å²) in [6.45, 7) is 5.36. The second-order valence-electron chi connectivity index (χ2n) is 4.66. The Labute approximate surface area is 87.7 Å². The number of ether oxygens (including phenoxy) is 1. The monoisotopic (exact) mass is 200 g/mol. The minimum Gasteiger partial charge on any atom is -0.393 e. The van der Waals surface area contributed by atoms with Gasteiger partial charge in [-0.1, -0.05) is 20.3 Å². The maximum atomic E-state index is 9.33. The lowest BCUT2D eigenvalue weighted by Crippen LogP contribution is -2.25. The molecule has 0 radical (unpaired) electrons. The molecule has 1 saturated carbocycles. The van der Waals surface area contributed by atoms with Crippen LogP contribution in [0.4, 0.5) is 0 Å². The van der Waals surface area contributed by atoms with Crippen molar-refractivity contribution in [2.45, 2.75) is 64.6 Å². The van der Waals surface area contributed by atoms with E-state index in [0.717, 1.165) is 32.3 Å². The van der Waals surface area contributed by atoms with E-state index in [1.165, 1.54) is 12.8 Å². The number of aliphatic hydroxyl groups excluding tert-OH is 1. The first kappa shape index (κ1) is 12.0. The highest BCUT2D eigenvalue weighted by atomic mass is 16.5. The zero-order valence-corrected chi connectivity index (χ0v) is 9.54. The van der Waals surface area contributed by atoms with Gasteiger partial charge >= 0.3 is 0 Å². The Balaban J connectivity index is 2.06. The molecule has 1 N–H and O–H groups in total. The van der Waals surface area contributed by atoms with Gasteiger partial charge in [0.15, 0.2) is 0 Å². The topological polar surface area (TPSA) is 29.5 Å². The highest BCUT2D eigenvalue weighted by molar-refractivity contribution is 4.71. The van der Waals surface area contributed by atoms with Crippen LogP contribution in [0.15, 0.2) is 0 Å². The van der Waals surface area contributed by atoms with Crippen molar-refractivity contribution < 1.29 is 9.84 Å². The first-order chi connectivity index (χ1) is 6.72. The van der Waals surface area contributed by atoms with E-state index in [1.54, 1.807) is 0 Å². The molecule has 1 fully saturated rings. The summed E-state index contributed by atoms with van der Waals surface area (Å²) >= 11 is 0. The minimum atomic E-state index is -0.0667. The Kier molecular flexibility index (Phi) is 5.49. The quantitative estimate of drug-likeness (QED) is 0.739. The van der Waals surface area contributed by atoms with E-state index in [4.69, 9.17) is 4.74 Å². The first-order valence-corrected chi connectivity index (χ1v) is 6.02. The van der Waals surface area contributed by atoms with Crippen molar-refractivity contribution in [3.8, 4) is 0 Å². The number of hydrogen-bond donors (Lipinski definition) is 1. The molecule has 1 aliphatic rings. The fraction of sp³-hybridized carbons (Fsp3) is 1.00. The smallest absolute Gasteiger partial charge is 0.0577 e.